The summed E-state index contributed by atoms with van der Waals surface area (Å²) in [5, 5.41) is 11.0. The Kier molecular flexibility index (Phi) is 17.3. The lowest BCUT2D eigenvalue weighted by Gasteiger charge is -2.31. The van der Waals surface area contributed by atoms with E-state index in [0.717, 1.165) is 11.1 Å². The number of carbonyl (C=O) groups excluding carboxylic acids is 1. The fourth-order valence-electron chi connectivity index (χ4n) is 5.41. The summed E-state index contributed by atoms with van der Waals surface area (Å²) in [5.41, 5.74) is 2.25. The zero-order chi connectivity index (χ0) is 38.8. The Labute approximate surface area is 316 Å². The molecule has 1 fully saturated rings. The molecule has 0 radical (unpaired) electrons. The van der Waals surface area contributed by atoms with Gasteiger partial charge in [0.05, 0.1) is 69.3 Å². The van der Waals surface area contributed by atoms with Gasteiger partial charge in [-0.1, -0.05) is 29.8 Å². The van der Waals surface area contributed by atoms with E-state index in [0.29, 0.717) is 84.5 Å². The number of nitrogens with one attached hydrogen (secondary N) is 1. The number of amides is 1. The van der Waals surface area contributed by atoms with Crippen LogP contribution < -0.4 is 10.1 Å². The molecular weight excluding hydrogens is 745 g/mol. The molecule has 1 aliphatic heterocycles. The van der Waals surface area contributed by atoms with Gasteiger partial charge < -0.3 is 34.1 Å². The Balaban J connectivity index is 0.987. The highest BCUT2D eigenvalue weighted by Gasteiger charge is 2.30. The van der Waals surface area contributed by atoms with Crippen LogP contribution in [0.5, 0.6) is 5.75 Å². The summed E-state index contributed by atoms with van der Waals surface area (Å²) in [5.74, 6) is -0.850. The summed E-state index contributed by atoms with van der Waals surface area (Å²) >= 11 is 0. The maximum Gasteiger partial charge on any atom is 0.322 e. The molecule has 0 spiro atoms. The largest absolute Gasteiger partial charge is 0.491 e. The first-order chi connectivity index (χ1) is 26.0. The lowest BCUT2D eigenvalue weighted by molar-refractivity contribution is -0.135. The number of ether oxygens (including phenoxy) is 5. The van der Waals surface area contributed by atoms with Crippen molar-refractivity contribution < 1.29 is 59.4 Å². The van der Waals surface area contributed by atoms with E-state index in [4.69, 9.17) is 33.0 Å². The molecule has 0 saturated carbocycles. The second-order valence-corrected chi connectivity index (χ2v) is 15.8. The zero-order valence-corrected chi connectivity index (χ0v) is 31.9. The first-order valence-electron chi connectivity index (χ1n) is 17.6. The molecule has 15 nitrogen and oxygen atoms in total. The SMILES string of the molecule is Cc1ccc(S(=O)(=O)OCCOCCOCCOCCOCCOc2ccc(C3CCN(S(=O)(=O)c4ccc(C(=O)NCC(=O)O)cc4)CC3)cc2)cc1. The molecule has 1 saturated heterocycles. The molecule has 1 heterocycles. The van der Waals surface area contributed by atoms with Gasteiger partial charge in [-0.3, -0.25) is 13.8 Å². The molecule has 3 aromatic rings. The van der Waals surface area contributed by atoms with Crippen LogP contribution in [0.1, 0.15) is 40.2 Å². The third kappa shape index (κ3) is 14.0. The summed E-state index contributed by atoms with van der Waals surface area (Å²) in [7, 11) is -7.54. The average Bonchev–Trinajstić information content (AvgIpc) is 3.17. The minimum absolute atomic E-state index is 0.0785. The fraction of sp³-hybridized carbons (Fsp3) is 0.459. The van der Waals surface area contributed by atoms with Crippen LogP contribution in [0.2, 0.25) is 0 Å². The number of carboxylic acid groups (broad SMARTS) is 1. The van der Waals surface area contributed by atoms with Crippen LogP contribution in [0.4, 0.5) is 0 Å². The molecule has 1 aliphatic rings. The molecule has 2 N–H and O–H groups in total. The third-order valence-electron chi connectivity index (χ3n) is 8.35. The van der Waals surface area contributed by atoms with E-state index in [2.05, 4.69) is 5.32 Å². The Morgan fingerprint density at radius 3 is 1.72 bits per heavy atom. The normalized spacial score (nSPS) is 14.2. The van der Waals surface area contributed by atoms with E-state index < -0.39 is 38.6 Å². The smallest absolute Gasteiger partial charge is 0.322 e. The minimum Gasteiger partial charge on any atom is -0.491 e. The first kappa shape index (κ1) is 42.8. The zero-order valence-electron chi connectivity index (χ0n) is 30.2. The predicted molar refractivity (Wildman–Crippen MR) is 197 cm³/mol. The first-order valence-corrected chi connectivity index (χ1v) is 20.4. The van der Waals surface area contributed by atoms with E-state index in [9.17, 15) is 26.4 Å². The molecule has 0 aromatic heterocycles. The molecule has 17 heteroatoms. The number of carbonyl (C=O) groups is 2. The van der Waals surface area contributed by atoms with Gasteiger partial charge in [0.1, 0.15) is 18.9 Å². The molecule has 296 valence electrons. The van der Waals surface area contributed by atoms with Crippen molar-refractivity contribution in [1.29, 1.82) is 0 Å². The molecule has 54 heavy (non-hydrogen) atoms. The van der Waals surface area contributed by atoms with Gasteiger partial charge in [0.2, 0.25) is 10.0 Å². The summed E-state index contributed by atoms with van der Waals surface area (Å²) in [6, 6.07) is 19.7. The van der Waals surface area contributed by atoms with Gasteiger partial charge in [0.15, 0.2) is 0 Å². The second-order valence-electron chi connectivity index (χ2n) is 12.2. The number of nitrogens with zero attached hydrogens (tertiary/aromatic N) is 1. The van der Waals surface area contributed by atoms with E-state index >= 15 is 0 Å². The molecular formula is C37H48N2O13S2. The highest BCUT2D eigenvalue weighted by molar-refractivity contribution is 7.89. The number of carboxylic acids is 1. The third-order valence-corrected chi connectivity index (χ3v) is 11.6. The summed E-state index contributed by atoms with van der Waals surface area (Å²) in [6.45, 7) is 5.11. The van der Waals surface area contributed by atoms with Crippen LogP contribution >= 0.6 is 0 Å². The van der Waals surface area contributed by atoms with Gasteiger partial charge in [0.25, 0.3) is 16.0 Å². The van der Waals surface area contributed by atoms with Gasteiger partial charge in [-0.25, -0.2) is 8.42 Å². The van der Waals surface area contributed by atoms with Crippen molar-refractivity contribution in [1.82, 2.24) is 9.62 Å². The molecule has 4 rings (SSSR count). The fourth-order valence-corrected chi connectivity index (χ4v) is 7.77. The second kappa shape index (κ2) is 21.8. The Morgan fingerprint density at radius 2 is 1.19 bits per heavy atom. The van der Waals surface area contributed by atoms with Crippen molar-refractivity contribution in [3.8, 4) is 5.75 Å². The molecule has 0 atom stereocenters. The number of aliphatic carboxylic acids is 1. The van der Waals surface area contributed by atoms with E-state index in [1.807, 2.05) is 31.2 Å². The lowest BCUT2D eigenvalue weighted by atomic mass is 9.90. The van der Waals surface area contributed by atoms with Gasteiger partial charge >= 0.3 is 5.97 Å². The van der Waals surface area contributed by atoms with Crippen molar-refractivity contribution >= 4 is 32.0 Å². The molecule has 0 unspecified atom stereocenters. The lowest BCUT2D eigenvalue weighted by Crippen LogP contribution is -2.37. The topological polar surface area (TPSA) is 193 Å². The molecule has 0 bridgehead atoms. The van der Waals surface area contributed by atoms with Gasteiger partial charge in [0, 0.05) is 18.7 Å². The van der Waals surface area contributed by atoms with Crippen LogP contribution in [0.25, 0.3) is 0 Å². The molecule has 0 aliphatic carbocycles. The number of benzene rings is 3. The van der Waals surface area contributed by atoms with Crippen molar-refractivity contribution in [2.24, 2.45) is 0 Å². The molecule has 1 amide bonds. The van der Waals surface area contributed by atoms with Crippen molar-refractivity contribution in [2.75, 3.05) is 85.7 Å². The summed E-state index contributed by atoms with van der Waals surface area (Å²) in [4.78, 5) is 22.9. The van der Waals surface area contributed by atoms with Crippen LogP contribution in [0, 0.1) is 6.92 Å². The van der Waals surface area contributed by atoms with Crippen molar-refractivity contribution in [2.45, 2.75) is 35.5 Å². The summed E-state index contributed by atoms with van der Waals surface area (Å²) < 4.78 is 84.7. The maximum atomic E-state index is 13.2. The Hall–Kier alpha value is -3.94. The Bertz CT molecular complexity index is 1810. The van der Waals surface area contributed by atoms with E-state index in [-0.39, 0.29) is 34.5 Å². The maximum absolute atomic E-state index is 13.2. The highest BCUT2D eigenvalue weighted by atomic mass is 32.2. The number of sulfonamides is 1. The van der Waals surface area contributed by atoms with Crippen molar-refractivity contribution in [3.05, 3.63) is 89.5 Å². The average molecular weight is 793 g/mol. The number of hydrogen-bond donors (Lipinski definition) is 2. The van der Waals surface area contributed by atoms with Gasteiger partial charge in [-0.05, 0) is 79.8 Å². The van der Waals surface area contributed by atoms with Crippen LogP contribution in [-0.4, -0.2) is 124 Å². The molecule has 3 aromatic carbocycles. The van der Waals surface area contributed by atoms with Crippen LogP contribution in [0.3, 0.4) is 0 Å². The number of hydrogen-bond acceptors (Lipinski definition) is 12. The quantitative estimate of drug-likeness (QED) is 0.0994. The minimum atomic E-state index is -3.80. The summed E-state index contributed by atoms with van der Waals surface area (Å²) in [6.07, 6.45) is 1.32. The Morgan fingerprint density at radius 1 is 0.685 bits per heavy atom. The van der Waals surface area contributed by atoms with Gasteiger partial charge in [-0.2, -0.15) is 12.7 Å². The van der Waals surface area contributed by atoms with Crippen molar-refractivity contribution in [3.63, 3.8) is 0 Å². The van der Waals surface area contributed by atoms with Gasteiger partial charge in [-0.15, -0.1) is 0 Å². The number of rotatable bonds is 24. The standard InChI is InChI=1S/C37H48N2O13S2/c1-29-2-10-35(11-3-29)54(45,46)52-27-25-50-23-21-48-19-18-47-20-22-49-24-26-51-33-8-4-30(5-9-33)31-14-16-39(17-15-31)53(43,44)34-12-6-32(7-13-34)37(42)38-28-36(40)41/h2-13,31H,14-28H2,1H3,(H,38,42)(H,40,41). The van der Waals surface area contributed by atoms with Crippen LogP contribution in [0.15, 0.2) is 82.6 Å². The number of aryl methyl sites for hydroxylation is 1. The highest BCUT2D eigenvalue weighted by Crippen LogP contribution is 2.31. The predicted octanol–water partition coefficient (Wildman–Crippen LogP) is 3.23. The van der Waals surface area contributed by atoms with E-state index in [1.165, 1.54) is 40.7 Å². The monoisotopic (exact) mass is 792 g/mol. The van der Waals surface area contributed by atoms with Crippen LogP contribution in [-0.2, 0) is 48.1 Å². The number of piperidine rings is 1. The van der Waals surface area contributed by atoms with E-state index in [1.54, 1.807) is 12.1 Å².